The van der Waals surface area contributed by atoms with Crippen LogP contribution in [0.1, 0.15) is 12.5 Å². The van der Waals surface area contributed by atoms with Crippen LogP contribution in [-0.4, -0.2) is 71.5 Å². The van der Waals surface area contributed by atoms with Crippen molar-refractivity contribution in [1.29, 1.82) is 0 Å². The minimum Gasteiger partial charge on any atom is -0.497 e. The molecule has 1 aromatic rings. The number of aliphatic imine (C=N–C) groups is 1. The minimum absolute atomic E-state index is 0. The molecule has 1 heterocycles. The third-order valence-corrected chi connectivity index (χ3v) is 4.46. The third-order valence-electron chi connectivity index (χ3n) is 4.46. The quantitative estimate of drug-likeness (QED) is 0.329. The molecule has 1 aromatic carbocycles. The molecule has 1 saturated heterocycles. The van der Waals surface area contributed by atoms with E-state index in [2.05, 4.69) is 27.4 Å². The number of ether oxygens (including phenoxy) is 3. The summed E-state index contributed by atoms with van der Waals surface area (Å²) in [6, 6.07) is 5.82. The average molecular weight is 492 g/mol. The van der Waals surface area contributed by atoms with Crippen LogP contribution < -0.4 is 20.1 Å². The van der Waals surface area contributed by atoms with Crippen LogP contribution in [0, 0.1) is 5.92 Å². The topological polar surface area (TPSA) is 67.4 Å². The van der Waals surface area contributed by atoms with Gasteiger partial charge in [0.05, 0.1) is 27.4 Å². The number of hydrogen-bond donors (Lipinski definition) is 2. The van der Waals surface area contributed by atoms with Crippen molar-refractivity contribution >= 4 is 29.9 Å². The van der Waals surface area contributed by atoms with Crippen LogP contribution in [0.25, 0.3) is 0 Å². The average Bonchev–Trinajstić information content (AvgIpc) is 2.68. The van der Waals surface area contributed by atoms with Crippen molar-refractivity contribution in [3.8, 4) is 11.5 Å². The largest absolute Gasteiger partial charge is 0.497 e. The Kier molecular flexibility index (Phi) is 11.5. The molecule has 1 aliphatic heterocycles. The summed E-state index contributed by atoms with van der Waals surface area (Å²) >= 11 is 0. The molecule has 27 heavy (non-hydrogen) atoms. The summed E-state index contributed by atoms with van der Waals surface area (Å²) in [5, 5.41) is 6.75. The highest BCUT2D eigenvalue weighted by molar-refractivity contribution is 14.0. The van der Waals surface area contributed by atoms with E-state index in [9.17, 15) is 0 Å². The Bertz CT molecular complexity index is 580. The molecule has 0 amide bonds. The SMILES string of the molecule is CN=C(NCc1ccc(OC)cc1OC)NCC(C)CN1CCOCC1.I. The Morgan fingerprint density at radius 3 is 2.59 bits per heavy atom. The van der Waals surface area contributed by atoms with Crippen molar-refractivity contribution in [2.45, 2.75) is 13.5 Å². The number of rotatable bonds is 8. The number of nitrogens with zero attached hydrogens (tertiary/aromatic N) is 2. The Balaban J connectivity index is 0.00000364. The van der Waals surface area contributed by atoms with E-state index in [1.165, 1.54) is 0 Å². The van der Waals surface area contributed by atoms with Gasteiger partial charge in [-0.05, 0) is 18.1 Å². The molecule has 1 aliphatic rings. The monoisotopic (exact) mass is 492 g/mol. The van der Waals surface area contributed by atoms with Crippen LogP contribution in [0.5, 0.6) is 11.5 Å². The molecule has 2 rings (SSSR count). The molecule has 2 N–H and O–H groups in total. The summed E-state index contributed by atoms with van der Waals surface area (Å²) in [4.78, 5) is 6.76. The fourth-order valence-electron chi connectivity index (χ4n) is 2.96. The second-order valence-electron chi connectivity index (χ2n) is 6.50. The van der Waals surface area contributed by atoms with Crippen LogP contribution in [0.15, 0.2) is 23.2 Å². The molecule has 0 spiro atoms. The zero-order valence-corrected chi connectivity index (χ0v) is 19.1. The standard InChI is InChI=1S/C19H32N4O3.HI/c1-15(14-23-7-9-26-10-8-23)12-21-19(20-2)22-13-16-5-6-17(24-3)11-18(16)25-4;/h5-6,11,15H,7-10,12-14H2,1-4H3,(H2,20,21,22);1H. The van der Waals surface area contributed by atoms with Gasteiger partial charge in [0.2, 0.25) is 0 Å². The molecule has 1 fully saturated rings. The predicted octanol–water partition coefficient (Wildman–Crippen LogP) is 1.96. The van der Waals surface area contributed by atoms with E-state index in [-0.39, 0.29) is 24.0 Å². The van der Waals surface area contributed by atoms with Gasteiger partial charge in [-0.3, -0.25) is 9.89 Å². The van der Waals surface area contributed by atoms with Crippen molar-refractivity contribution in [2.75, 3.05) is 60.7 Å². The summed E-state index contributed by atoms with van der Waals surface area (Å²) < 4.78 is 16.1. The lowest BCUT2D eigenvalue weighted by Crippen LogP contribution is -2.43. The predicted molar refractivity (Wildman–Crippen MR) is 120 cm³/mol. The molecule has 0 saturated carbocycles. The molecule has 7 nitrogen and oxygen atoms in total. The first-order valence-electron chi connectivity index (χ1n) is 9.11. The van der Waals surface area contributed by atoms with E-state index in [1.54, 1.807) is 21.3 Å². The van der Waals surface area contributed by atoms with E-state index < -0.39 is 0 Å². The number of benzene rings is 1. The molecular weight excluding hydrogens is 459 g/mol. The normalized spacial score (nSPS) is 16.2. The molecule has 0 radical (unpaired) electrons. The highest BCUT2D eigenvalue weighted by atomic mass is 127. The molecule has 1 atom stereocenters. The fourth-order valence-corrected chi connectivity index (χ4v) is 2.96. The Morgan fingerprint density at radius 1 is 1.22 bits per heavy atom. The van der Waals surface area contributed by atoms with E-state index in [4.69, 9.17) is 14.2 Å². The molecule has 1 unspecified atom stereocenters. The third kappa shape index (κ3) is 8.10. The molecule has 0 bridgehead atoms. The van der Waals surface area contributed by atoms with E-state index in [1.807, 2.05) is 18.2 Å². The van der Waals surface area contributed by atoms with Crippen molar-refractivity contribution in [1.82, 2.24) is 15.5 Å². The highest BCUT2D eigenvalue weighted by Gasteiger charge is 2.14. The second-order valence-corrected chi connectivity index (χ2v) is 6.50. The van der Waals surface area contributed by atoms with Crippen LogP contribution in [0.2, 0.25) is 0 Å². The molecule has 0 aliphatic carbocycles. The maximum atomic E-state index is 5.44. The van der Waals surface area contributed by atoms with E-state index in [0.29, 0.717) is 12.5 Å². The summed E-state index contributed by atoms with van der Waals surface area (Å²) in [6.07, 6.45) is 0. The van der Waals surface area contributed by atoms with Crippen LogP contribution >= 0.6 is 24.0 Å². The van der Waals surface area contributed by atoms with Crippen LogP contribution in [0.4, 0.5) is 0 Å². The molecular formula is C19H33IN4O3. The Labute approximate surface area is 179 Å². The number of nitrogens with one attached hydrogen (secondary N) is 2. The Hall–Kier alpha value is -1.26. The molecule has 0 aromatic heterocycles. The van der Waals surface area contributed by atoms with Gasteiger partial charge in [-0.15, -0.1) is 24.0 Å². The van der Waals surface area contributed by atoms with E-state index >= 15 is 0 Å². The Morgan fingerprint density at radius 2 is 1.96 bits per heavy atom. The number of hydrogen-bond acceptors (Lipinski definition) is 5. The van der Waals surface area contributed by atoms with Gasteiger partial charge in [-0.2, -0.15) is 0 Å². The van der Waals surface area contributed by atoms with Gasteiger partial charge in [0, 0.05) is 51.4 Å². The van der Waals surface area contributed by atoms with Crippen molar-refractivity contribution in [3.05, 3.63) is 23.8 Å². The smallest absolute Gasteiger partial charge is 0.191 e. The lowest BCUT2D eigenvalue weighted by molar-refractivity contribution is 0.0320. The van der Waals surface area contributed by atoms with Gasteiger partial charge >= 0.3 is 0 Å². The van der Waals surface area contributed by atoms with Crippen LogP contribution in [0.3, 0.4) is 0 Å². The molecule has 154 valence electrons. The van der Waals surface area contributed by atoms with Crippen LogP contribution in [-0.2, 0) is 11.3 Å². The highest BCUT2D eigenvalue weighted by Crippen LogP contribution is 2.24. The number of methoxy groups -OCH3 is 2. The van der Waals surface area contributed by atoms with Gasteiger partial charge in [0.25, 0.3) is 0 Å². The molecule has 8 heteroatoms. The van der Waals surface area contributed by atoms with E-state index in [0.717, 1.165) is 62.4 Å². The van der Waals surface area contributed by atoms with Gasteiger partial charge in [0.1, 0.15) is 11.5 Å². The second kappa shape index (κ2) is 13.0. The van der Waals surface area contributed by atoms with Crippen molar-refractivity contribution in [2.24, 2.45) is 10.9 Å². The zero-order chi connectivity index (χ0) is 18.8. The number of guanidine groups is 1. The zero-order valence-electron chi connectivity index (χ0n) is 16.8. The number of morpholine rings is 1. The maximum absolute atomic E-state index is 5.44. The summed E-state index contributed by atoms with van der Waals surface area (Å²) in [5.41, 5.74) is 1.05. The summed E-state index contributed by atoms with van der Waals surface area (Å²) in [5.74, 6) is 2.90. The lowest BCUT2D eigenvalue weighted by Gasteiger charge is -2.29. The van der Waals surface area contributed by atoms with Gasteiger partial charge in [-0.1, -0.05) is 6.92 Å². The van der Waals surface area contributed by atoms with Gasteiger partial charge in [0.15, 0.2) is 5.96 Å². The van der Waals surface area contributed by atoms with Crippen molar-refractivity contribution in [3.63, 3.8) is 0 Å². The number of halogens is 1. The first-order chi connectivity index (χ1) is 12.7. The lowest BCUT2D eigenvalue weighted by atomic mass is 10.1. The first-order valence-corrected chi connectivity index (χ1v) is 9.11. The minimum atomic E-state index is 0. The van der Waals surface area contributed by atoms with Gasteiger partial charge in [-0.25, -0.2) is 0 Å². The van der Waals surface area contributed by atoms with Gasteiger partial charge < -0.3 is 24.8 Å². The maximum Gasteiger partial charge on any atom is 0.191 e. The fraction of sp³-hybridized carbons (Fsp3) is 0.632. The summed E-state index contributed by atoms with van der Waals surface area (Å²) in [6.45, 7) is 8.55. The van der Waals surface area contributed by atoms with Crippen molar-refractivity contribution < 1.29 is 14.2 Å². The first kappa shape index (κ1) is 23.8. The summed E-state index contributed by atoms with van der Waals surface area (Å²) in [7, 11) is 5.10.